The molecule has 0 bridgehead atoms. The molecule has 7 nitrogen and oxygen atoms in total. The van der Waals surface area contributed by atoms with Crippen molar-refractivity contribution >= 4 is 11.8 Å². The summed E-state index contributed by atoms with van der Waals surface area (Å²) in [6.45, 7) is 2.54. The van der Waals surface area contributed by atoms with Gasteiger partial charge in [0.15, 0.2) is 5.82 Å². The van der Waals surface area contributed by atoms with E-state index >= 15 is 0 Å². The monoisotopic (exact) mass is 339 g/mol. The summed E-state index contributed by atoms with van der Waals surface area (Å²) in [6.07, 6.45) is 7.21. The highest BCUT2D eigenvalue weighted by Gasteiger charge is 2.31. The van der Waals surface area contributed by atoms with Gasteiger partial charge in [-0.2, -0.15) is 0 Å². The van der Waals surface area contributed by atoms with E-state index in [1.807, 2.05) is 17.0 Å². The molecule has 2 aromatic heterocycles. The average Bonchev–Trinajstić information content (AvgIpc) is 3.11. The Balaban J connectivity index is 1.71. The summed E-state index contributed by atoms with van der Waals surface area (Å²) in [6, 6.07) is 5.40. The maximum absolute atomic E-state index is 12.7. The number of aromatic nitrogens is 3. The second-order valence-electron chi connectivity index (χ2n) is 6.10. The van der Waals surface area contributed by atoms with Gasteiger partial charge < -0.3 is 10.2 Å². The van der Waals surface area contributed by atoms with Gasteiger partial charge in [-0.25, -0.2) is 9.97 Å². The fraction of sp³-hybridized carbons (Fsp3) is 0.389. The molecule has 1 unspecified atom stereocenters. The van der Waals surface area contributed by atoms with Crippen molar-refractivity contribution in [3.63, 3.8) is 0 Å². The van der Waals surface area contributed by atoms with Crippen LogP contribution < -0.4 is 5.32 Å². The summed E-state index contributed by atoms with van der Waals surface area (Å²) < 4.78 is 0. The molecule has 1 aliphatic rings. The Morgan fingerprint density at radius 1 is 1.32 bits per heavy atom. The van der Waals surface area contributed by atoms with E-state index in [1.165, 1.54) is 6.92 Å². The maximum atomic E-state index is 12.7. The van der Waals surface area contributed by atoms with Crippen molar-refractivity contribution in [2.45, 2.75) is 38.8 Å². The molecular weight excluding hydrogens is 318 g/mol. The van der Waals surface area contributed by atoms with Crippen LogP contribution in [0.3, 0.4) is 0 Å². The van der Waals surface area contributed by atoms with Gasteiger partial charge in [-0.3, -0.25) is 14.6 Å². The highest BCUT2D eigenvalue weighted by atomic mass is 16.2. The number of nitrogens with zero attached hydrogens (tertiary/aromatic N) is 4. The van der Waals surface area contributed by atoms with Gasteiger partial charge in [0.25, 0.3) is 0 Å². The minimum Gasteiger partial charge on any atom is -0.351 e. The Morgan fingerprint density at radius 2 is 2.20 bits per heavy atom. The highest BCUT2D eigenvalue weighted by Crippen LogP contribution is 2.30. The number of hydrogen-bond donors (Lipinski definition) is 1. The molecule has 0 saturated carbocycles. The van der Waals surface area contributed by atoms with Crippen LogP contribution in [0.25, 0.3) is 0 Å². The van der Waals surface area contributed by atoms with E-state index in [9.17, 15) is 9.59 Å². The molecule has 3 heterocycles. The fourth-order valence-electron chi connectivity index (χ4n) is 3.00. The van der Waals surface area contributed by atoms with Crippen LogP contribution in [-0.4, -0.2) is 38.2 Å². The number of nitrogens with one attached hydrogen (secondary N) is 1. The molecule has 2 aromatic rings. The second-order valence-corrected chi connectivity index (χ2v) is 6.10. The van der Waals surface area contributed by atoms with Crippen molar-refractivity contribution in [1.29, 1.82) is 0 Å². The minimum absolute atomic E-state index is 0.0614. The Hall–Kier alpha value is -2.83. The zero-order chi connectivity index (χ0) is 17.6. The molecule has 0 aliphatic carbocycles. The van der Waals surface area contributed by atoms with Gasteiger partial charge in [-0.15, -0.1) is 0 Å². The van der Waals surface area contributed by atoms with Crippen molar-refractivity contribution in [3.8, 4) is 0 Å². The SMILES string of the molecule is CC(=O)NCc1ccnc(C2CCCN2C(=O)Cc2cccnc2)n1. The third-order valence-corrected chi connectivity index (χ3v) is 4.20. The minimum atomic E-state index is -0.110. The quantitative estimate of drug-likeness (QED) is 0.890. The van der Waals surface area contributed by atoms with Crippen molar-refractivity contribution < 1.29 is 9.59 Å². The van der Waals surface area contributed by atoms with Gasteiger partial charge in [-0.1, -0.05) is 6.07 Å². The highest BCUT2D eigenvalue weighted by molar-refractivity contribution is 5.79. The standard InChI is InChI=1S/C18H21N5O2/c1-13(24)21-12-15-6-8-20-18(22-15)16-5-3-9-23(16)17(25)10-14-4-2-7-19-11-14/h2,4,6-8,11,16H,3,5,9-10,12H2,1H3,(H,21,24). The molecule has 0 spiro atoms. The first kappa shape index (κ1) is 17.0. The third kappa shape index (κ3) is 4.37. The largest absolute Gasteiger partial charge is 0.351 e. The van der Waals surface area contributed by atoms with Gasteiger partial charge >= 0.3 is 0 Å². The number of likely N-dealkylation sites (tertiary alicyclic amines) is 1. The molecule has 25 heavy (non-hydrogen) atoms. The van der Waals surface area contributed by atoms with E-state index < -0.39 is 0 Å². The molecule has 0 aromatic carbocycles. The molecule has 1 fully saturated rings. The van der Waals surface area contributed by atoms with Crippen LogP contribution in [0.15, 0.2) is 36.8 Å². The predicted octanol–water partition coefficient (Wildman–Crippen LogP) is 1.41. The zero-order valence-electron chi connectivity index (χ0n) is 14.2. The number of hydrogen-bond acceptors (Lipinski definition) is 5. The second kappa shape index (κ2) is 7.83. The van der Waals surface area contributed by atoms with E-state index in [0.717, 1.165) is 24.1 Å². The topological polar surface area (TPSA) is 88.1 Å². The molecule has 2 amide bonds. The number of amides is 2. The lowest BCUT2D eigenvalue weighted by atomic mass is 10.1. The van der Waals surface area contributed by atoms with Crippen molar-refractivity contribution in [1.82, 2.24) is 25.2 Å². The molecule has 130 valence electrons. The smallest absolute Gasteiger partial charge is 0.227 e. The first-order valence-electron chi connectivity index (χ1n) is 8.38. The van der Waals surface area contributed by atoms with Gasteiger partial charge in [0.1, 0.15) is 0 Å². The number of pyridine rings is 1. The normalized spacial score (nSPS) is 16.7. The maximum Gasteiger partial charge on any atom is 0.227 e. The first-order valence-corrected chi connectivity index (χ1v) is 8.38. The Morgan fingerprint density at radius 3 is 2.96 bits per heavy atom. The van der Waals surface area contributed by atoms with Crippen molar-refractivity contribution in [2.24, 2.45) is 0 Å². The van der Waals surface area contributed by atoms with E-state index in [4.69, 9.17) is 0 Å². The molecule has 3 rings (SSSR count). The van der Waals surface area contributed by atoms with E-state index in [2.05, 4.69) is 20.3 Å². The van der Waals surface area contributed by atoms with Crippen LogP contribution in [0.2, 0.25) is 0 Å². The number of carbonyl (C=O) groups is 2. The molecule has 1 saturated heterocycles. The molecular formula is C18H21N5O2. The molecule has 1 atom stereocenters. The first-order chi connectivity index (χ1) is 12.1. The lowest BCUT2D eigenvalue weighted by Crippen LogP contribution is -2.33. The Bertz CT molecular complexity index is 750. The van der Waals surface area contributed by atoms with Crippen LogP contribution in [-0.2, 0) is 22.6 Å². The number of carbonyl (C=O) groups excluding carboxylic acids is 2. The van der Waals surface area contributed by atoms with Gasteiger partial charge in [-0.05, 0) is 30.5 Å². The Labute approximate surface area is 146 Å². The van der Waals surface area contributed by atoms with Crippen LogP contribution in [0, 0.1) is 0 Å². The van der Waals surface area contributed by atoms with Crippen molar-refractivity contribution in [2.75, 3.05) is 6.54 Å². The van der Waals surface area contributed by atoms with Gasteiger partial charge in [0.2, 0.25) is 11.8 Å². The van der Waals surface area contributed by atoms with Crippen LogP contribution in [0.4, 0.5) is 0 Å². The summed E-state index contributed by atoms with van der Waals surface area (Å²) in [5, 5.41) is 2.73. The summed E-state index contributed by atoms with van der Waals surface area (Å²) in [5.41, 5.74) is 1.64. The van der Waals surface area contributed by atoms with Crippen LogP contribution in [0.5, 0.6) is 0 Å². The molecule has 1 N–H and O–H groups in total. The van der Waals surface area contributed by atoms with Gasteiger partial charge in [0, 0.05) is 32.1 Å². The summed E-state index contributed by atoms with van der Waals surface area (Å²) in [4.78, 5) is 38.5. The fourth-order valence-corrected chi connectivity index (χ4v) is 3.00. The summed E-state index contributed by atoms with van der Waals surface area (Å²) >= 11 is 0. The molecule has 0 radical (unpaired) electrons. The third-order valence-electron chi connectivity index (χ3n) is 4.20. The lowest BCUT2D eigenvalue weighted by Gasteiger charge is -2.24. The predicted molar refractivity (Wildman–Crippen MR) is 91.2 cm³/mol. The van der Waals surface area contributed by atoms with Crippen molar-refractivity contribution in [3.05, 3.63) is 53.9 Å². The van der Waals surface area contributed by atoms with Crippen LogP contribution in [0.1, 0.15) is 42.9 Å². The molecule has 1 aliphatic heterocycles. The zero-order valence-corrected chi connectivity index (χ0v) is 14.2. The number of rotatable bonds is 5. The Kier molecular flexibility index (Phi) is 5.33. The van der Waals surface area contributed by atoms with Crippen LogP contribution >= 0.6 is 0 Å². The van der Waals surface area contributed by atoms with E-state index in [0.29, 0.717) is 25.3 Å². The van der Waals surface area contributed by atoms with Gasteiger partial charge in [0.05, 0.1) is 24.7 Å². The molecule has 7 heteroatoms. The van der Waals surface area contributed by atoms with E-state index in [-0.39, 0.29) is 17.9 Å². The summed E-state index contributed by atoms with van der Waals surface area (Å²) in [5.74, 6) is 0.598. The summed E-state index contributed by atoms with van der Waals surface area (Å²) in [7, 11) is 0. The lowest BCUT2D eigenvalue weighted by molar-refractivity contribution is -0.131. The average molecular weight is 339 g/mol. The van der Waals surface area contributed by atoms with E-state index in [1.54, 1.807) is 24.7 Å².